The predicted octanol–water partition coefficient (Wildman–Crippen LogP) is 3.96. The summed E-state index contributed by atoms with van der Waals surface area (Å²) in [6.07, 6.45) is 0. The van der Waals surface area contributed by atoms with Crippen LogP contribution in [0.2, 0.25) is 0 Å². The van der Waals surface area contributed by atoms with Crippen LogP contribution < -0.4 is 4.74 Å². The monoisotopic (exact) mass is 321 g/mol. The average molecular weight is 321 g/mol. The van der Waals surface area contributed by atoms with Gasteiger partial charge in [0.1, 0.15) is 17.6 Å². The molecule has 0 N–H and O–H groups in total. The first kappa shape index (κ1) is 11.0. The van der Waals surface area contributed by atoms with Gasteiger partial charge in [-0.2, -0.15) is 5.26 Å². The van der Waals surface area contributed by atoms with E-state index in [1.54, 1.807) is 6.07 Å². The van der Waals surface area contributed by atoms with E-state index < -0.39 is 0 Å². The van der Waals surface area contributed by atoms with Crippen molar-refractivity contribution in [3.05, 3.63) is 57.7 Å². The molecule has 0 aliphatic rings. The second-order valence-corrected chi connectivity index (χ2v) is 4.41. The Kier molecular flexibility index (Phi) is 3.42. The van der Waals surface area contributed by atoms with E-state index in [2.05, 4.69) is 28.7 Å². The number of ether oxygens (including phenoxy) is 1. The molecule has 2 aromatic carbocycles. The molecule has 78 valence electrons. The molecule has 0 aliphatic carbocycles. The fraction of sp³-hybridized carbons (Fsp3) is 0. The van der Waals surface area contributed by atoms with Gasteiger partial charge in [0.05, 0.1) is 5.56 Å². The van der Waals surface area contributed by atoms with Crippen molar-refractivity contribution >= 4 is 22.6 Å². The number of nitriles is 1. The van der Waals surface area contributed by atoms with Crippen LogP contribution in [-0.4, -0.2) is 0 Å². The molecular formula is C13H8INO. The van der Waals surface area contributed by atoms with Gasteiger partial charge in [0.2, 0.25) is 0 Å². The molecule has 0 saturated heterocycles. The Bertz CT molecular complexity index is 531. The van der Waals surface area contributed by atoms with Crippen molar-refractivity contribution in [2.24, 2.45) is 0 Å². The number of halogens is 1. The van der Waals surface area contributed by atoms with Crippen molar-refractivity contribution in [1.29, 1.82) is 5.26 Å². The van der Waals surface area contributed by atoms with Crippen LogP contribution >= 0.6 is 22.6 Å². The van der Waals surface area contributed by atoms with Gasteiger partial charge in [-0.3, -0.25) is 0 Å². The fourth-order valence-corrected chi connectivity index (χ4v) is 1.75. The standard InChI is InChI=1S/C13H8INO/c14-11-7-6-10(9-15)13(8-11)16-12-4-2-1-3-5-12/h1-8H. The summed E-state index contributed by atoms with van der Waals surface area (Å²) < 4.78 is 6.70. The summed E-state index contributed by atoms with van der Waals surface area (Å²) in [5.74, 6) is 1.33. The lowest BCUT2D eigenvalue weighted by Gasteiger charge is -2.07. The highest BCUT2D eigenvalue weighted by Crippen LogP contribution is 2.26. The van der Waals surface area contributed by atoms with Crippen LogP contribution in [0.25, 0.3) is 0 Å². The number of benzene rings is 2. The molecule has 0 aromatic heterocycles. The van der Waals surface area contributed by atoms with Gasteiger partial charge >= 0.3 is 0 Å². The van der Waals surface area contributed by atoms with E-state index in [0.29, 0.717) is 11.3 Å². The molecule has 0 radical (unpaired) electrons. The summed E-state index contributed by atoms with van der Waals surface area (Å²) in [5.41, 5.74) is 0.546. The minimum atomic E-state index is 0.546. The summed E-state index contributed by atoms with van der Waals surface area (Å²) >= 11 is 2.19. The van der Waals surface area contributed by atoms with Crippen LogP contribution in [0.15, 0.2) is 48.5 Å². The molecule has 3 heteroatoms. The number of para-hydroxylation sites is 1. The molecule has 0 spiro atoms. The van der Waals surface area contributed by atoms with Gasteiger partial charge in [0, 0.05) is 3.57 Å². The zero-order chi connectivity index (χ0) is 11.4. The van der Waals surface area contributed by atoms with E-state index in [4.69, 9.17) is 10.00 Å². The van der Waals surface area contributed by atoms with E-state index in [1.165, 1.54) is 0 Å². The fourth-order valence-electron chi connectivity index (χ4n) is 1.29. The van der Waals surface area contributed by atoms with Gasteiger partial charge in [-0.05, 0) is 52.9 Å². The third kappa shape index (κ3) is 2.52. The smallest absolute Gasteiger partial charge is 0.146 e. The molecule has 0 amide bonds. The number of hydrogen-bond donors (Lipinski definition) is 0. The minimum Gasteiger partial charge on any atom is -0.456 e. The SMILES string of the molecule is N#Cc1ccc(I)cc1Oc1ccccc1. The lowest BCUT2D eigenvalue weighted by molar-refractivity contribution is 0.480. The molecule has 0 bridgehead atoms. The predicted molar refractivity (Wildman–Crippen MR) is 70.4 cm³/mol. The van der Waals surface area contributed by atoms with E-state index in [9.17, 15) is 0 Å². The van der Waals surface area contributed by atoms with Gasteiger partial charge < -0.3 is 4.74 Å². The zero-order valence-corrected chi connectivity index (χ0v) is 10.5. The number of rotatable bonds is 2. The highest BCUT2D eigenvalue weighted by Gasteiger charge is 2.04. The minimum absolute atomic E-state index is 0.546. The highest BCUT2D eigenvalue weighted by atomic mass is 127. The first-order valence-corrected chi connectivity index (χ1v) is 5.80. The largest absolute Gasteiger partial charge is 0.456 e. The molecule has 0 heterocycles. The van der Waals surface area contributed by atoms with Crippen molar-refractivity contribution in [3.63, 3.8) is 0 Å². The third-order valence-corrected chi connectivity index (χ3v) is 2.71. The summed E-state index contributed by atoms with van der Waals surface area (Å²) in [6, 6.07) is 17.1. The van der Waals surface area contributed by atoms with Gasteiger partial charge in [-0.15, -0.1) is 0 Å². The first-order chi connectivity index (χ1) is 7.79. The number of nitrogens with zero attached hydrogens (tertiary/aromatic N) is 1. The molecular weight excluding hydrogens is 313 g/mol. The van der Waals surface area contributed by atoms with E-state index in [0.717, 1.165) is 9.32 Å². The van der Waals surface area contributed by atoms with Crippen LogP contribution in [-0.2, 0) is 0 Å². The van der Waals surface area contributed by atoms with Gasteiger partial charge in [0.15, 0.2) is 0 Å². The number of hydrogen-bond acceptors (Lipinski definition) is 2. The molecule has 2 rings (SSSR count). The van der Waals surface area contributed by atoms with Crippen LogP contribution in [0.4, 0.5) is 0 Å². The normalized spacial score (nSPS) is 9.50. The maximum Gasteiger partial charge on any atom is 0.146 e. The molecule has 2 aromatic rings. The quantitative estimate of drug-likeness (QED) is 0.785. The second kappa shape index (κ2) is 4.99. The van der Waals surface area contributed by atoms with Crippen LogP contribution in [0, 0.1) is 14.9 Å². The lowest BCUT2D eigenvalue weighted by atomic mass is 10.2. The maximum absolute atomic E-state index is 8.95. The summed E-state index contributed by atoms with van der Waals surface area (Å²) in [7, 11) is 0. The van der Waals surface area contributed by atoms with Crippen molar-refractivity contribution in [1.82, 2.24) is 0 Å². The molecule has 0 fully saturated rings. The molecule has 2 nitrogen and oxygen atoms in total. The van der Waals surface area contributed by atoms with Gasteiger partial charge in [-0.1, -0.05) is 18.2 Å². The highest BCUT2D eigenvalue weighted by molar-refractivity contribution is 14.1. The molecule has 0 saturated carbocycles. The summed E-state index contributed by atoms with van der Waals surface area (Å²) in [4.78, 5) is 0. The molecule has 16 heavy (non-hydrogen) atoms. The Hall–Kier alpha value is -1.54. The summed E-state index contributed by atoms with van der Waals surface area (Å²) in [6.45, 7) is 0. The molecule has 0 atom stereocenters. The van der Waals surface area contributed by atoms with Crippen LogP contribution in [0.5, 0.6) is 11.5 Å². The Morgan fingerprint density at radius 1 is 1.06 bits per heavy atom. The van der Waals surface area contributed by atoms with Crippen molar-refractivity contribution < 1.29 is 4.74 Å². The van der Waals surface area contributed by atoms with Gasteiger partial charge in [0.25, 0.3) is 0 Å². The molecule has 0 aliphatic heterocycles. The lowest BCUT2D eigenvalue weighted by Crippen LogP contribution is -1.88. The van der Waals surface area contributed by atoms with Crippen LogP contribution in [0.3, 0.4) is 0 Å². The maximum atomic E-state index is 8.95. The van der Waals surface area contributed by atoms with E-state index >= 15 is 0 Å². The van der Waals surface area contributed by atoms with Crippen molar-refractivity contribution in [2.45, 2.75) is 0 Å². The Morgan fingerprint density at radius 2 is 1.81 bits per heavy atom. The topological polar surface area (TPSA) is 33.0 Å². The summed E-state index contributed by atoms with van der Waals surface area (Å²) in [5, 5.41) is 8.95. The molecule has 0 unspecified atom stereocenters. The average Bonchev–Trinajstić information content (AvgIpc) is 2.31. The van der Waals surface area contributed by atoms with Crippen molar-refractivity contribution in [3.8, 4) is 17.6 Å². The van der Waals surface area contributed by atoms with Gasteiger partial charge in [-0.25, -0.2) is 0 Å². The van der Waals surface area contributed by atoms with E-state index in [-0.39, 0.29) is 0 Å². The second-order valence-electron chi connectivity index (χ2n) is 3.17. The first-order valence-electron chi connectivity index (χ1n) is 4.72. The Balaban J connectivity index is 2.35. The third-order valence-electron chi connectivity index (χ3n) is 2.04. The Morgan fingerprint density at radius 3 is 2.50 bits per heavy atom. The van der Waals surface area contributed by atoms with E-state index in [1.807, 2.05) is 42.5 Å². The Labute approximate surface area is 108 Å². The van der Waals surface area contributed by atoms with Crippen molar-refractivity contribution in [2.75, 3.05) is 0 Å². The zero-order valence-electron chi connectivity index (χ0n) is 8.35. The van der Waals surface area contributed by atoms with Crippen LogP contribution in [0.1, 0.15) is 5.56 Å².